The third-order valence-corrected chi connectivity index (χ3v) is 6.35. The van der Waals surface area contributed by atoms with Crippen LogP contribution in [0.3, 0.4) is 0 Å². The largest absolute Gasteiger partial charge is 0.147 e. The molecule has 0 unspecified atom stereocenters. The number of hydrogen-bond acceptors (Lipinski definition) is 0. The van der Waals surface area contributed by atoms with Gasteiger partial charge in [-0.1, -0.05) is 0 Å². The molecule has 0 amide bonds. The summed E-state index contributed by atoms with van der Waals surface area (Å²) in [5, 5.41) is 1.44. The van der Waals surface area contributed by atoms with Gasteiger partial charge in [0.05, 0.1) is 0 Å². The van der Waals surface area contributed by atoms with Gasteiger partial charge in [0.15, 0.2) is 0 Å². The third kappa shape index (κ3) is 3.94. The van der Waals surface area contributed by atoms with Crippen LogP contribution >= 0.6 is 35.9 Å². The predicted octanol–water partition coefficient (Wildman–Crippen LogP) is 4.83. The summed E-state index contributed by atoms with van der Waals surface area (Å²) in [4.78, 5) is 0. The van der Waals surface area contributed by atoms with Gasteiger partial charge in [0, 0.05) is 0 Å². The fourth-order valence-electron chi connectivity index (χ4n) is 2.11. The molecular weight excluding hydrogens is 370 g/mol. The summed E-state index contributed by atoms with van der Waals surface area (Å²) in [7, 11) is -1.68. The number of allylic oxidation sites excluding steroid dienone is 8. The van der Waals surface area contributed by atoms with Crippen molar-refractivity contribution in [3.8, 4) is 0 Å². The maximum absolute atomic E-state index is 6.55. The van der Waals surface area contributed by atoms with Crippen molar-refractivity contribution in [1.82, 2.24) is 0 Å². The van der Waals surface area contributed by atoms with Gasteiger partial charge in [-0.05, 0) is 0 Å². The number of hydrogen-bond donors (Lipinski definition) is 0. The van der Waals surface area contributed by atoms with Gasteiger partial charge in [0.25, 0.3) is 0 Å². The molecule has 0 aromatic rings. The van der Waals surface area contributed by atoms with Crippen LogP contribution in [0.4, 0.5) is 0 Å². The molecule has 0 bridgehead atoms. The van der Waals surface area contributed by atoms with Crippen molar-refractivity contribution in [3.63, 3.8) is 0 Å². The van der Waals surface area contributed by atoms with Gasteiger partial charge in [-0.25, -0.2) is 0 Å². The van der Waals surface area contributed by atoms with Crippen molar-refractivity contribution in [2.24, 2.45) is 0 Å². The van der Waals surface area contributed by atoms with E-state index in [-0.39, 0.29) is 24.8 Å². The summed E-state index contributed by atoms with van der Waals surface area (Å²) < 4.78 is 1.58. The van der Waals surface area contributed by atoms with Gasteiger partial charge >= 0.3 is 113 Å². The topological polar surface area (TPSA) is 0 Å². The zero-order valence-electron chi connectivity index (χ0n) is 9.92. The molecule has 0 saturated heterocycles. The Morgan fingerprint density at radius 1 is 1.12 bits per heavy atom. The van der Waals surface area contributed by atoms with E-state index in [4.69, 9.17) is 11.1 Å². The SMILES string of the molecule is C[Si](C)(Cl)C1=C(C2=[C]([Zr])CC=C2)CC=C1.Cl.Cl. The summed E-state index contributed by atoms with van der Waals surface area (Å²) in [5.41, 5.74) is 2.98. The minimum atomic E-state index is -1.68. The Bertz CT molecular complexity index is 414. The molecule has 17 heavy (non-hydrogen) atoms. The average molecular weight is 386 g/mol. The Morgan fingerprint density at radius 2 is 1.71 bits per heavy atom. The first-order valence-corrected chi connectivity index (χ1v) is 10.4. The van der Waals surface area contributed by atoms with E-state index in [1.54, 1.807) is 28.0 Å². The fraction of sp³-hybridized carbons (Fsp3) is 0.333. The molecule has 0 saturated carbocycles. The predicted molar refractivity (Wildman–Crippen MR) is 79.4 cm³/mol. The van der Waals surface area contributed by atoms with Gasteiger partial charge in [0.2, 0.25) is 0 Å². The molecule has 2 aliphatic rings. The standard InChI is InChI=1S/C12H14ClSi.2ClH.Zr/c1-14(2,13)12-9-5-8-11(12)10-6-3-4-7-10;;;/h3,5-6,9H,4,8H2,1-2H3;2*1H;. The van der Waals surface area contributed by atoms with Crippen LogP contribution in [0.5, 0.6) is 0 Å². The Kier molecular flexibility index (Phi) is 7.29. The summed E-state index contributed by atoms with van der Waals surface area (Å²) in [6, 6.07) is 0. The van der Waals surface area contributed by atoms with E-state index < -0.39 is 7.38 Å². The zero-order chi connectivity index (χ0) is 11.1. The minimum Gasteiger partial charge on any atom is -0.147 e. The minimum absolute atomic E-state index is 0. The second-order valence-electron chi connectivity index (χ2n) is 4.47. The van der Waals surface area contributed by atoms with Crippen molar-refractivity contribution in [2.45, 2.75) is 25.9 Å². The first kappa shape index (κ1) is 17.9. The summed E-state index contributed by atoms with van der Waals surface area (Å²) in [6.07, 6.45) is 11.3. The van der Waals surface area contributed by atoms with Crippen LogP contribution in [-0.2, 0) is 24.7 Å². The molecule has 0 heterocycles. The molecule has 0 N–H and O–H groups in total. The first-order valence-electron chi connectivity index (χ1n) is 5.21. The van der Waals surface area contributed by atoms with Gasteiger partial charge in [-0.15, -0.1) is 24.8 Å². The summed E-state index contributed by atoms with van der Waals surface area (Å²) >= 11 is 8.10. The average Bonchev–Trinajstić information content (AvgIpc) is 2.69. The summed E-state index contributed by atoms with van der Waals surface area (Å²) in [5.74, 6) is 0. The Hall–Kier alpha value is 0.930. The van der Waals surface area contributed by atoms with Gasteiger partial charge in [-0.3, -0.25) is 0 Å². The molecule has 93 valence electrons. The molecule has 0 aromatic heterocycles. The maximum atomic E-state index is 6.55. The molecule has 0 aromatic carbocycles. The summed E-state index contributed by atoms with van der Waals surface area (Å²) in [6.45, 7) is 4.42. The third-order valence-electron chi connectivity index (χ3n) is 2.83. The van der Waals surface area contributed by atoms with Crippen molar-refractivity contribution in [3.05, 3.63) is 43.9 Å². The normalized spacial score (nSPS) is 18.5. The van der Waals surface area contributed by atoms with Crippen LogP contribution in [0.2, 0.25) is 13.1 Å². The van der Waals surface area contributed by atoms with E-state index in [1.807, 2.05) is 0 Å². The first-order chi connectivity index (χ1) is 7.00. The van der Waals surface area contributed by atoms with E-state index >= 15 is 0 Å². The van der Waals surface area contributed by atoms with Gasteiger partial charge < -0.3 is 0 Å². The number of rotatable bonds is 2. The van der Waals surface area contributed by atoms with Crippen LogP contribution in [-0.4, -0.2) is 7.38 Å². The van der Waals surface area contributed by atoms with Gasteiger partial charge in [0.1, 0.15) is 0 Å². The van der Waals surface area contributed by atoms with Crippen molar-refractivity contribution < 1.29 is 24.7 Å². The molecule has 0 atom stereocenters. The molecular formula is C12H16Cl3SiZr. The zero-order valence-corrected chi connectivity index (χ0v) is 15.8. The van der Waals surface area contributed by atoms with E-state index in [2.05, 4.69) is 37.4 Å². The molecule has 0 nitrogen and oxygen atoms in total. The van der Waals surface area contributed by atoms with E-state index in [0.29, 0.717) is 0 Å². The quantitative estimate of drug-likeness (QED) is 0.471. The van der Waals surface area contributed by atoms with Crippen LogP contribution in [0.25, 0.3) is 0 Å². The van der Waals surface area contributed by atoms with Crippen molar-refractivity contribution >= 4 is 43.3 Å². The van der Waals surface area contributed by atoms with E-state index in [0.717, 1.165) is 12.8 Å². The maximum Gasteiger partial charge on any atom is -0.147 e. The van der Waals surface area contributed by atoms with Crippen molar-refractivity contribution in [1.29, 1.82) is 0 Å². The monoisotopic (exact) mass is 383 g/mol. The fourth-order valence-corrected chi connectivity index (χ4v) is 4.97. The van der Waals surface area contributed by atoms with Gasteiger partial charge in [-0.2, -0.15) is 0 Å². The van der Waals surface area contributed by atoms with Crippen LogP contribution in [0.15, 0.2) is 43.9 Å². The molecule has 2 rings (SSSR count). The molecule has 0 radical (unpaired) electrons. The van der Waals surface area contributed by atoms with E-state index in [1.165, 1.54) is 16.3 Å². The van der Waals surface area contributed by atoms with Crippen LogP contribution in [0.1, 0.15) is 12.8 Å². The second kappa shape index (κ2) is 6.91. The van der Waals surface area contributed by atoms with Crippen molar-refractivity contribution in [2.75, 3.05) is 0 Å². The Morgan fingerprint density at radius 3 is 2.18 bits per heavy atom. The Balaban J connectivity index is 0.00000128. The second-order valence-corrected chi connectivity index (χ2v) is 12.3. The number of halogens is 3. The molecule has 2 aliphatic carbocycles. The Labute approximate surface area is 137 Å². The van der Waals surface area contributed by atoms with Crippen LogP contribution < -0.4 is 0 Å². The van der Waals surface area contributed by atoms with E-state index in [9.17, 15) is 0 Å². The molecule has 0 spiro atoms. The molecule has 5 heteroatoms. The smallest absolute Gasteiger partial charge is 0.147 e. The van der Waals surface area contributed by atoms with Crippen LogP contribution in [0, 0.1) is 0 Å². The molecule has 0 fully saturated rings. The molecule has 0 aliphatic heterocycles.